The number of carbonyl (C=O) groups excluding carboxylic acids is 1. The normalized spacial score (nSPS) is 10.5. The van der Waals surface area contributed by atoms with Crippen LogP contribution in [0.3, 0.4) is 0 Å². The molecule has 144 valence electrons. The number of nitro groups is 1. The average molecular weight is 397 g/mol. The third-order valence-electron chi connectivity index (χ3n) is 4.21. The van der Waals surface area contributed by atoms with Gasteiger partial charge in [0.15, 0.2) is 5.75 Å². The number of thiazole rings is 1. The minimum atomic E-state index is -0.568. The van der Waals surface area contributed by atoms with Crippen molar-refractivity contribution >= 4 is 22.9 Å². The smallest absolute Gasteiger partial charge is 0.311 e. The number of methoxy groups -OCH3 is 1. The van der Waals surface area contributed by atoms with Crippen molar-refractivity contribution in [3.63, 3.8) is 0 Å². The molecule has 0 unspecified atom stereocenters. The van der Waals surface area contributed by atoms with Crippen LogP contribution in [0.2, 0.25) is 0 Å². The molecule has 0 aliphatic rings. The number of hydrogen-bond acceptors (Lipinski definition) is 6. The van der Waals surface area contributed by atoms with Crippen LogP contribution in [0.4, 0.5) is 5.69 Å². The van der Waals surface area contributed by atoms with E-state index in [2.05, 4.69) is 10.3 Å². The number of nitrogens with zero attached hydrogens (tertiary/aromatic N) is 2. The monoisotopic (exact) mass is 397 g/mol. The molecule has 0 aliphatic heterocycles. The first kappa shape index (κ1) is 19.5. The Balaban J connectivity index is 1.58. The Morgan fingerprint density at radius 2 is 2.00 bits per heavy atom. The van der Waals surface area contributed by atoms with E-state index in [-0.39, 0.29) is 22.9 Å². The van der Waals surface area contributed by atoms with E-state index >= 15 is 0 Å². The lowest BCUT2D eigenvalue weighted by Crippen LogP contribution is -2.25. The number of aryl methyl sites for hydroxylation is 1. The van der Waals surface area contributed by atoms with Crippen LogP contribution in [0.1, 0.15) is 20.9 Å². The van der Waals surface area contributed by atoms with Gasteiger partial charge in [-0.1, -0.05) is 24.3 Å². The largest absolute Gasteiger partial charge is 0.490 e. The van der Waals surface area contributed by atoms with Crippen LogP contribution in [-0.4, -0.2) is 29.5 Å². The molecule has 1 N–H and O–H groups in total. The molecule has 1 amide bonds. The summed E-state index contributed by atoms with van der Waals surface area (Å²) < 4.78 is 4.95. The summed E-state index contributed by atoms with van der Waals surface area (Å²) in [6.45, 7) is 2.40. The molecule has 2 aromatic carbocycles. The molecule has 0 bridgehead atoms. The van der Waals surface area contributed by atoms with E-state index in [9.17, 15) is 14.9 Å². The number of aromatic nitrogens is 1. The van der Waals surface area contributed by atoms with E-state index in [1.165, 1.54) is 25.3 Å². The van der Waals surface area contributed by atoms with E-state index in [1.807, 2.05) is 36.6 Å². The number of ether oxygens (including phenoxy) is 1. The molecule has 1 heterocycles. The number of benzene rings is 2. The fraction of sp³-hybridized carbons (Fsp3) is 0.200. The summed E-state index contributed by atoms with van der Waals surface area (Å²) in [4.78, 5) is 27.2. The van der Waals surface area contributed by atoms with Crippen LogP contribution < -0.4 is 10.1 Å². The molecular weight excluding hydrogens is 378 g/mol. The SMILES string of the molecule is COc1ccc(C(=O)NCCc2ccc(-c3csc(C)n3)cc2)cc1[N+](=O)[O-]. The maximum atomic E-state index is 12.3. The van der Waals surface area contributed by atoms with E-state index in [0.29, 0.717) is 13.0 Å². The Labute approximate surface area is 166 Å². The van der Waals surface area contributed by atoms with Crippen LogP contribution in [0.25, 0.3) is 11.3 Å². The van der Waals surface area contributed by atoms with Gasteiger partial charge in [0, 0.05) is 29.1 Å². The molecular formula is C20H19N3O4S. The van der Waals surface area contributed by atoms with Gasteiger partial charge in [0.1, 0.15) is 0 Å². The lowest BCUT2D eigenvalue weighted by Gasteiger charge is -2.07. The van der Waals surface area contributed by atoms with Crippen molar-refractivity contribution in [1.82, 2.24) is 10.3 Å². The Morgan fingerprint density at radius 1 is 1.25 bits per heavy atom. The van der Waals surface area contributed by atoms with Crippen LogP contribution in [0, 0.1) is 17.0 Å². The molecule has 0 saturated carbocycles. The highest BCUT2D eigenvalue weighted by molar-refractivity contribution is 7.09. The average Bonchev–Trinajstić information content (AvgIpc) is 3.14. The van der Waals surface area contributed by atoms with Gasteiger partial charge in [0.05, 0.1) is 22.7 Å². The van der Waals surface area contributed by atoms with Gasteiger partial charge < -0.3 is 10.1 Å². The van der Waals surface area contributed by atoms with Gasteiger partial charge in [-0.25, -0.2) is 4.98 Å². The van der Waals surface area contributed by atoms with Crippen molar-refractivity contribution in [2.45, 2.75) is 13.3 Å². The van der Waals surface area contributed by atoms with Crippen LogP contribution in [0.15, 0.2) is 47.8 Å². The molecule has 0 atom stereocenters. The lowest BCUT2D eigenvalue weighted by molar-refractivity contribution is -0.385. The lowest BCUT2D eigenvalue weighted by atomic mass is 10.1. The topological polar surface area (TPSA) is 94.4 Å². The zero-order chi connectivity index (χ0) is 20.1. The summed E-state index contributed by atoms with van der Waals surface area (Å²) in [5.41, 5.74) is 3.09. The first-order chi connectivity index (χ1) is 13.5. The summed E-state index contributed by atoms with van der Waals surface area (Å²) in [6.07, 6.45) is 0.653. The minimum absolute atomic E-state index is 0.122. The van der Waals surface area contributed by atoms with Gasteiger partial charge in [-0.3, -0.25) is 14.9 Å². The Hall–Kier alpha value is -3.26. The number of rotatable bonds is 7. The third kappa shape index (κ3) is 4.52. The van der Waals surface area contributed by atoms with E-state index in [1.54, 1.807) is 11.3 Å². The molecule has 3 aromatic rings. The highest BCUT2D eigenvalue weighted by Gasteiger charge is 2.18. The van der Waals surface area contributed by atoms with Gasteiger partial charge in [-0.05, 0) is 31.0 Å². The van der Waals surface area contributed by atoms with Gasteiger partial charge >= 0.3 is 5.69 Å². The van der Waals surface area contributed by atoms with Gasteiger partial charge in [-0.2, -0.15) is 0 Å². The molecule has 0 saturated heterocycles. The summed E-state index contributed by atoms with van der Waals surface area (Å²) in [6, 6.07) is 12.2. The number of carbonyl (C=O) groups is 1. The van der Waals surface area contributed by atoms with Crippen molar-refractivity contribution < 1.29 is 14.5 Å². The summed E-state index contributed by atoms with van der Waals surface area (Å²) in [5.74, 6) is -0.239. The third-order valence-corrected chi connectivity index (χ3v) is 4.98. The van der Waals surface area contributed by atoms with E-state index in [0.717, 1.165) is 21.8 Å². The number of nitro benzene ring substituents is 1. The summed E-state index contributed by atoms with van der Waals surface area (Å²) >= 11 is 1.61. The number of nitrogens with one attached hydrogen (secondary N) is 1. The highest BCUT2D eigenvalue weighted by Crippen LogP contribution is 2.27. The molecule has 1 aromatic heterocycles. The first-order valence-corrected chi connectivity index (χ1v) is 9.48. The Kier molecular flexibility index (Phi) is 6.00. The molecule has 8 heteroatoms. The number of hydrogen-bond donors (Lipinski definition) is 1. The maximum absolute atomic E-state index is 12.3. The fourth-order valence-electron chi connectivity index (χ4n) is 2.73. The molecule has 0 fully saturated rings. The second kappa shape index (κ2) is 8.62. The van der Waals surface area contributed by atoms with Gasteiger partial charge in [0.2, 0.25) is 0 Å². The van der Waals surface area contributed by atoms with Crippen LogP contribution >= 0.6 is 11.3 Å². The molecule has 0 spiro atoms. The van der Waals surface area contributed by atoms with Gasteiger partial charge in [-0.15, -0.1) is 11.3 Å². The Bertz CT molecular complexity index is 999. The molecule has 0 aliphatic carbocycles. The summed E-state index contributed by atoms with van der Waals surface area (Å²) in [7, 11) is 1.35. The molecule has 3 rings (SSSR count). The number of amides is 1. The van der Waals surface area contributed by atoms with Crippen molar-refractivity contribution in [2.24, 2.45) is 0 Å². The van der Waals surface area contributed by atoms with Crippen molar-refractivity contribution in [3.05, 3.63) is 74.1 Å². The van der Waals surface area contributed by atoms with Crippen LogP contribution in [0.5, 0.6) is 5.75 Å². The first-order valence-electron chi connectivity index (χ1n) is 8.60. The predicted octanol–water partition coefficient (Wildman–Crippen LogP) is 4.01. The highest BCUT2D eigenvalue weighted by atomic mass is 32.1. The zero-order valence-corrected chi connectivity index (χ0v) is 16.3. The second-order valence-electron chi connectivity index (χ2n) is 6.10. The fourth-order valence-corrected chi connectivity index (χ4v) is 3.36. The molecule has 0 radical (unpaired) electrons. The zero-order valence-electron chi connectivity index (χ0n) is 15.5. The maximum Gasteiger partial charge on any atom is 0.311 e. The van der Waals surface area contributed by atoms with E-state index in [4.69, 9.17) is 4.74 Å². The Morgan fingerprint density at radius 3 is 2.61 bits per heavy atom. The van der Waals surface area contributed by atoms with Crippen molar-refractivity contribution in [3.8, 4) is 17.0 Å². The molecule has 28 heavy (non-hydrogen) atoms. The van der Waals surface area contributed by atoms with E-state index < -0.39 is 4.92 Å². The van der Waals surface area contributed by atoms with Crippen molar-refractivity contribution in [2.75, 3.05) is 13.7 Å². The standard InChI is InChI=1S/C20H19N3O4S/c1-13-22-17(12-28-13)15-5-3-14(4-6-15)9-10-21-20(24)16-7-8-19(27-2)18(11-16)23(25)26/h3-8,11-12H,9-10H2,1-2H3,(H,21,24). The molecule has 7 nitrogen and oxygen atoms in total. The van der Waals surface area contributed by atoms with Crippen LogP contribution in [-0.2, 0) is 6.42 Å². The quantitative estimate of drug-likeness (QED) is 0.480. The second-order valence-corrected chi connectivity index (χ2v) is 7.16. The summed E-state index contributed by atoms with van der Waals surface area (Å²) in [5, 5.41) is 16.9. The van der Waals surface area contributed by atoms with Gasteiger partial charge in [0.25, 0.3) is 5.91 Å². The predicted molar refractivity (Wildman–Crippen MR) is 108 cm³/mol. The van der Waals surface area contributed by atoms with Crippen molar-refractivity contribution in [1.29, 1.82) is 0 Å². The minimum Gasteiger partial charge on any atom is -0.490 e.